The van der Waals surface area contributed by atoms with E-state index < -0.39 is 0 Å². The van der Waals surface area contributed by atoms with Gasteiger partial charge in [0.05, 0.1) is 0 Å². The quantitative estimate of drug-likeness (QED) is 0.177. The van der Waals surface area contributed by atoms with Crippen LogP contribution >= 0.6 is 0 Å². The summed E-state index contributed by atoms with van der Waals surface area (Å²) in [6.07, 6.45) is 0. The highest BCUT2D eigenvalue weighted by molar-refractivity contribution is 5.82. The molecule has 2 aliphatic rings. The van der Waals surface area contributed by atoms with Crippen LogP contribution in [0.5, 0.6) is 0 Å². The maximum Gasteiger partial charge on any atom is 0.0352 e. The third-order valence-corrected chi connectivity index (χ3v) is 10.9. The fourth-order valence-corrected chi connectivity index (χ4v) is 8.50. The van der Waals surface area contributed by atoms with E-state index in [2.05, 4.69) is 194 Å². The smallest absolute Gasteiger partial charge is 0.0352 e. The summed E-state index contributed by atoms with van der Waals surface area (Å²) < 4.78 is 0. The summed E-state index contributed by atoms with van der Waals surface area (Å²) in [5.74, 6) is 0.548. The van der Waals surface area contributed by atoms with Gasteiger partial charge in [-0.1, -0.05) is 188 Å². The van der Waals surface area contributed by atoms with E-state index in [1.165, 1.54) is 89.0 Å². The van der Waals surface area contributed by atoms with Crippen molar-refractivity contribution in [3.8, 4) is 55.6 Å². The molecule has 0 atom stereocenters. The molecule has 0 heterocycles. The van der Waals surface area contributed by atoms with Gasteiger partial charge in [-0.05, 0) is 95.1 Å². The van der Waals surface area contributed by atoms with Crippen LogP contribution < -0.4 is 0 Å². The first-order valence-corrected chi connectivity index (χ1v) is 17.6. The Labute approximate surface area is 294 Å². The molecule has 0 N–H and O–H groups in total. The summed E-state index contributed by atoms with van der Waals surface area (Å²) in [7, 11) is 0. The predicted molar refractivity (Wildman–Crippen MR) is 208 cm³/mol. The maximum absolute atomic E-state index is 2.32. The molecule has 0 bridgehead atoms. The zero-order valence-corrected chi connectivity index (χ0v) is 27.6. The fraction of sp³-hybridized carbons (Fsp3) is 0.0400. The lowest BCUT2D eigenvalue weighted by atomic mass is 9.88. The highest BCUT2D eigenvalue weighted by Gasteiger charge is 2.30. The molecular formula is C50H34. The zero-order chi connectivity index (χ0) is 33.0. The van der Waals surface area contributed by atoms with E-state index in [-0.39, 0.29) is 11.8 Å². The summed E-state index contributed by atoms with van der Waals surface area (Å²) in [5.41, 5.74) is 21.1. The molecule has 8 aromatic rings. The van der Waals surface area contributed by atoms with Crippen LogP contribution in [0.3, 0.4) is 0 Å². The molecule has 8 aromatic carbocycles. The Morgan fingerprint density at radius 2 is 0.500 bits per heavy atom. The lowest BCUT2D eigenvalue weighted by Crippen LogP contribution is -1.99. The van der Waals surface area contributed by atoms with Crippen LogP contribution in [0.4, 0.5) is 0 Å². The summed E-state index contributed by atoms with van der Waals surface area (Å²) in [6, 6.07) is 71.7. The maximum atomic E-state index is 2.32. The molecule has 2 aliphatic carbocycles. The standard InChI is InChI=1S/C50H34/c1-5-16-45-41(12-1)42-13-2-6-17-46(42)49(45)37-28-24-34(25-29-37)33-20-22-35(23-21-33)39-10-9-11-40(32-39)36-26-30-38(31-27-36)50-47-18-7-3-14-43(47)44-15-4-8-19-48(44)50/h1-32,49-50H. The average molecular weight is 635 g/mol. The molecule has 0 saturated carbocycles. The Balaban J connectivity index is 0.895. The third-order valence-electron chi connectivity index (χ3n) is 10.9. The fourth-order valence-electron chi connectivity index (χ4n) is 8.50. The van der Waals surface area contributed by atoms with Crippen molar-refractivity contribution < 1.29 is 0 Å². The van der Waals surface area contributed by atoms with Gasteiger partial charge < -0.3 is 0 Å². The number of hydrogen-bond donors (Lipinski definition) is 0. The van der Waals surface area contributed by atoms with Crippen LogP contribution in [0.2, 0.25) is 0 Å². The van der Waals surface area contributed by atoms with Crippen molar-refractivity contribution >= 4 is 0 Å². The third kappa shape index (κ3) is 4.68. The number of rotatable bonds is 5. The number of benzene rings is 8. The molecule has 234 valence electrons. The van der Waals surface area contributed by atoms with Gasteiger partial charge in [0.2, 0.25) is 0 Å². The lowest BCUT2D eigenvalue weighted by Gasteiger charge is -2.15. The van der Waals surface area contributed by atoms with Gasteiger partial charge in [0, 0.05) is 11.8 Å². The summed E-state index contributed by atoms with van der Waals surface area (Å²) in [5, 5.41) is 0. The second-order valence-electron chi connectivity index (χ2n) is 13.6. The second kappa shape index (κ2) is 11.7. The van der Waals surface area contributed by atoms with Crippen molar-refractivity contribution in [2.75, 3.05) is 0 Å². The Kier molecular flexibility index (Phi) is 6.74. The van der Waals surface area contributed by atoms with Gasteiger partial charge in [-0.3, -0.25) is 0 Å². The van der Waals surface area contributed by atoms with Gasteiger partial charge in [0.15, 0.2) is 0 Å². The minimum atomic E-state index is 0.272. The van der Waals surface area contributed by atoms with E-state index in [0.717, 1.165) is 0 Å². The van der Waals surface area contributed by atoms with E-state index in [0.29, 0.717) is 0 Å². The minimum absolute atomic E-state index is 0.272. The number of fused-ring (bicyclic) bond motifs is 6. The Hall–Kier alpha value is -6.24. The van der Waals surface area contributed by atoms with Crippen molar-refractivity contribution in [1.29, 1.82) is 0 Å². The van der Waals surface area contributed by atoms with Crippen molar-refractivity contribution in [2.24, 2.45) is 0 Å². The van der Waals surface area contributed by atoms with Crippen LogP contribution in [-0.4, -0.2) is 0 Å². The normalized spacial score (nSPS) is 13.0. The van der Waals surface area contributed by atoms with E-state index in [1.54, 1.807) is 0 Å². The van der Waals surface area contributed by atoms with Crippen molar-refractivity contribution in [1.82, 2.24) is 0 Å². The van der Waals surface area contributed by atoms with Crippen LogP contribution in [0.1, 0.15) is 45.2 Å². The van der Waals surface area contributed by atoms with Crippen LogP contribution in [0.15, 0.2) is 194 Å². The molecule has 0 saturated heterocycles. The van der Waals surface area contributed by atoms with E-state index >= 15 is 0 Å². The molecule has 0 nitrogen and oxygen atoms in total. The van der Waals surface area contributed by atoms with Gasteiger partial charge in [-0.2, -0.15) is 0 Å². The minimum Gasteiger partial charge on any atom is -0.0619 e. The van der Waals surface area contributed by atoms with Crippen molar-refractivity contribution in [3.63, 3.8) is 0 Å². The topological polar surface area (TPSA) is 0 Å². The Bertz CT molecular complexity index is 2430. The van der Waals surface area contributed by atoms with Gasteiger partial charge in [0.1, 0.15) is 0 Å². The molecule has 0 fully saturated rings. The van der Waals surface area contributed by atoms with Crippen LogP contribution in [-0.2, 0) is 0 Å². The van der Waals surface area contributed by atoms with Gasteiger partial charge in [-0.25, -0.2) is 0 Å². The Morgan fingerprint density at radius 1 is 0.220 bits per heavy atom. The molecule has 0 amide bonds. The van der Waals surface area contributed by atoms with Crippen LogP contribution in [0, 0.1) is 0 Å². The van der Waals surface area contributed by atoms with E-state index in [9.17, 15) is 0 Å². The SMILES string of the molecule is c1cc(-c2ccc(-c3ccc(C4c5ccccc5-c5ccccc54)cc3)cc2)cc(-c2ccc(C3c4ccccc4-c4ccccc43)cc2)c1. The lowest BCUT2D eigenvalue weighted by molar-refractivity contribution is 1.02. The molecule has 0 aromatic heterocycles. The van der Waals surface area contributed by atoms with E-state index in [1.807, 2.05) is 0 Å². The summed E-state index contributed by atoms with van der Waals surface area (Å²) >= 11 is 0. The highest BCUT2D eigenvalue weighted by atomic mass is 14.3. The van der Waals surface area contributed by atoms with Gasteiger partial charge >= 0.3 is 0 Å². The molecule has 0 heteroatoms. The first-order chi connectivity index (χ1) is 24.8. The molecule has 50 heavy (non-hydrogen) atoms. The second-order valence-corrected chi connectivity index (χ2v) is 13.6. The first kappa shape index (κ1) is 28.7. The van der Waals surface area contributed by atoms with Gasteiger partial charge in [-0.15, -0.1) is 0 Å². The van der Waals surface area contributed by atoms with Crippen molar-refractivity contribution in [3.05, 3.63) is 228 Å². The van der Waals surface area contributed by atoms with Gasteiger partial charge in [0.25, 0.3) is 0 Å². The molecule has 0 spiro atoms. The summed E-state index contributed by atoms with van der Waals surface area (Å²) in [6.45, 7) is 0. The van der Waals surface area contributed by atoms with Crippen LogP contribution in [0.25, 0.3) is 55.6 Å². The predicted octanol–water partition coefficient (Wildman–Crippen LogP) is 13.0. The average Bonchev–Trinajstić information content (AvgIpc) is 3.71. The molecule has 0 unspecified atom stereocenters. The number of hydrogen-bond acceptors (Lipinski definition) is 0. The van der Waals surface area contributed by atoms with E-state index in [4.69, 9.17) is 0 Å². The molecule has 0 aliphatic heterocycles. The summed E-state index contributed by atoms with van der Waals surface area (Å²) in [4.78, 5) is 0. The molecule has 0 radical (unpaired) electrons. The first-order valence-electron chi connectivity index (χ1n) is 17.6. The monoisotopic (exact) mass is 634 g/mol. The Morgan fingerprint density at radius 3 is 0.840 bits per heavy atom. The molecule has 10 rings (SSSR count). The molecular weight excluding hydrogens is 601 g/mol. The zero-order valence-electron chi connectivity index (χ0n) is 27.6. The largest absolute Gasteiger partial charge is 0.0619 e. The highest BCUT2D eigenvalue weighted by Crippen LogP contribution is 2.49. The van der Waals surface area contributed by atoms with Crippen molar-refractivity contribution in [2.45, 2.75) is 11.8 Å².